The van der Waals surface area contributed by atoms with Crippen LogP contribution in [0.1, 0.15) is 78.1 Å². The molecule has 0 aromatic carbocycles. The molecule has 0 unspecified atom stereocenters. The summed E-state index contributed by atoms with van der Waals surface area (Å²) in [6.45, 7) is 5.37. The smallest absolute Gasteiger partial charge is 0.218 e. The summed E-state index contributed by atoms with van der Waals surface area (Å²) in [5.41, 5.74) is 5.27. The van der Waals surface area contributed by atoms with Crippen LogP contribution in [0, 0.1) is 0 Å². The average Bonchev–Trinajstić information content (AvgIpc) is 2.34. The Balaban J connectivity index is 3.52. The van der Waals surface area contributed by atoms with Crippen LogP contribution in [0.3, 0.4) is 0 Å². The van der Waals surface area contributed by atoms with Gasteiger partial charge in [0.25, 0.3) is 0 Å². The van der Waals surface area contributed by atoms with Crippen molar-refractivity contribution in [2.75, 3.05) is 6.54 Å². The molecule has 0 radical (unpaired) electrons. The van der Waals surface area contributed by atoms with E-state index in [0.717, 1.165) is 19.4 Å². The standard InChI is InChI=1S/C15H32N2O/c1-3-5-6-7-8-9-10-11-14(13-15(16)18)17-12-4-2/h14,17H,3-13H2,1-2H3,(H2,16,18)/t14-/m0/s1. The molecule has 3 nitrogen and oxygen atoms in total. The zero-order chi connectivity index (χ0) is 13.6. The van der Waals surface area contributed by atoms with Crippen LogP contribution in [0.15, 0.2) is 0 Å². The van der Waals surface area contributed by atoms with Gasteiger partial charge in [0.05, 0.1) is 0 Å². The molecular weight excluding hydrogens is 224 g/mol. The molecule has 0 aliphatic heterocycles. The number of amides is 1. The molecule has 0 rings (SSSR count). The Morgan fingerprint density at radius 1 is 1.00 bits per heavy atom. The van der Waals surface area contributed by atoms with Crippen LogP contribution in [0.25, 0.3) is 0 Å². The maximum absolute atomic E-state index is 11.0. The topological polar surface area (TPSA) is 55.1 Å². The Kier molecular flexibility index (Phi) is 12.5. The highest BCUT2D eigenvalue weighted by Crippen LogP contribution is 2.11. The molecule has 0 bridgehead atoms. The zero-order valence-electron chi connectivity index (χ0n) is 12.3. The molecule has 0 aliphatic carbocycles. The lowest BCUT2D eigenvalue weighted by Gasteiger charge is -2.16. The fourth-order valence-electron chi connectivity index (χ4n) is 2.22. The van der Waals surface area contributed by atoms with Crippen molar-refractivity contribution in [1.29, 1.82) is 0 Å². The fraction of sp³-hybridized carbons (Fsp3) is 0.933. The van der Waals surface area contributed by atoms with Crippen LogP contribution in [0.4, 0.5) is 0 Å². The van der Waals surface area contributed by atoms with Crippen molar-refractivity contribution < 1.29 is 4.79 Å². The first-order valence-corrected chi connectivity index (χ1v) is 7.72. The van der Waals surface area contributed by atoms with Gasteiger partial charge in [0.2, 0.25) is 5.91 Å². The summed E-state index contributed by atoms with van der Waals surface area (Å²) in [5, 5.41) is 3.41. The number of unbranched alkanes of at least 4 members (excludes halogenated alkanes) is 6. The van der Waals surface area contributed by atoms with Crippen molar-refractivity contribution in [3.05, 3.63) is 0 Å². The second kappa shape index (κ2) is 12.9. The molecule has 0 saturated carbocycles. The van der Waals surface area contributed by atoms with E-state index in [0.29, 0.717) is 6.42 Å². The Hall–Kier alpha value is -0.570. The van der Waals surface area contributed by atoms with Crippen molar-refractivity contribution >= 4 is 5.91 Å². The summed E-state index contributed by atoms with van der Waals surface area (Å²) in [6, 6.07) is 0.290. The summed E-state index contributed by atoms with van der Waals surface area (Å²) < 4.78 is 0. The van der Waals surface area contributed by atoms with Crippen molar-refractivity contribution in [3.63, 3.8) is 0 Å². The first-order chi connectivity index (χ1) is 8.70. The largest absolute Gasteiger partial charge is 0.370 e. The Morgan fingerprint density at radius 3 is 2.17 bits per heavy atom. The SMILES string of the molecule is CCCCCCCCC[C@@H](CC(N)=O)NCCC. The molecule has 0 aromatic rings. The van der Waals surface area contributed by atoms with Crippen LogP contribution in [-0.2, 0) is 4.79 Å². The van der Waals surface area contributed by atoms with Gasteiger partial charge in [-0.1, -0.05) is 58.8 Å². The molecule has 0 saturated heterocycles. The third kappa shape index (κ3) is 11.9. The number of hydrogen-bond donors (Lipinski definition) is 2. The van der Waals surface area contributed by atoms with Gasteiger partial charge in [0.1, 0.15) is 0 Å². The quantitative estimate of drug-likeness (QED) is 0.496. The average molecular weight is 256 g/mol. The van der Waals surface area contributed by atoms with Gasteiger partial charge in [0.15, 0.2) is 0 Å². The third-order valence-corrected chi connectivity index (χ3v) is 3.29. The number of rotatable bonds is 13. The summed E-state index contributed by atoms with van der Waals surface area (Å²) in [6.07, 6.45) is 11.9. The van der Waals surface area contributed by atoms with E-state index < -0.39 is 0 Å². The molecule has 18 heavy (non-hydrogen) atoms. The predicted octanol–water partition coefficient (Wildman–Crippen LogP) is 3.37. The van der Waals surface area contributed by atoms with E-state index in [1.165, 1.54) is 44.9 Å². The molecule has 1 atom stereocenters. The minimum absolute atomic E-state index is 0.188. The van der Waals surface area contributed by atoms with Crippen LogP contribution in [0.2, 0.25) is 0 Å². The number of nitrogens with two attached hydrogens (primary N) is 1. The number of primary amides is 1. The van der Waals surface area contributed by atoms with E-state index in [1.807, 2.05) is 0 Å². The van der Waals surface area contributed by atoms with Crippen molar-refractivity contribution in [2.24, 2.45) is 5.73 Å². The van der Waals surface area contributed by atoms with Crippen molar-refractivity contribution in [2.45, 2.75) is 84.1 Å². The highest BCUT2D eigenvalue weighted by Gasteiger charge is 2.10. The third-order valence-electron chi connectivity index (χ3n) is 3.29. The van der Waals surface area contributed by atoms with Gasteiger partial charge in [-0.2, -0.15) is 0 Å². The van der Waals surface area contributed by atoms with Crippen LogP contribution < -0.4 is 11.1 Å². The van der Waals surface area contributed by atoms with Crippen molar-refractivity contribution in [3.8, 4) is 0 Å². The second-order valence-corrected chi connectivity index (χ2v) is 5.23. The van der Waals surface area contributed by atoms with E-state index in [2.05, 4.69) is 19.2 Å². The zero-order valence-corrected chi connectivity index (χ0v) is 12.3. The van der Waals surface area contributed by atoms with E-state index >= 15 is 0 Å². The molecule has 0 aliphatic rings. The van der Waals surface area contributed by atoms with Gasteiger partial charge in [-0.15, -0.1) is 0 Å². The summed E-state index contributed by atoms with van der Waals surface area (Å²) in [4.78, 5) is 11.0. The van der Waals surface area contributed by atoms with E-state index in [4.69, 9.17) is 5.73 Å². The Bertz CT molecular complexity index is 195. The lowest BCUT2D eigenvalue weighted by Crippen LogP contribution is -2.34. The lowest BCUT2D eigenvalue weighted by atomic mass is 10.0. The first-order valence-electron chi connectivity index (χ1n) is 7.72. The summed E-state index contributed by atoms with van der Waals surface area (Å²) in [7, 11) is 0. The van der Waals surface area contributed by atoms with Gasteiger partial charge in [-0.05, 0) is 19.4 Å². The second-order valence-electron chi connectivity index (χ2n) is 5.23. The van der Waals surface area contributed by atoms with Gasteiger partial charge < -0.3 is 11.1 Å². The monoisotopic (exact) mass is 256 g/mol. The molecule has 3 heteroatoms. The van der Waals surface area contributed by atoms with E-state index in [9.17, 15) is 4.79 Å². The van der Waals surface area contributed by atoms with Crippen LogP contribution >= 0.6 is 0 Å². The fourth-order valence-corrected chi connectivity index (χ4v) is 2.22. The predicted molar refractivity (Wildman–Crippen MR) is 78.5 cm³/mol. The summed E-state index contributed by atoms with van der Waals surface area (Å²) in [5.74, 6) is -0.188. The number of hydrogen-bond acceptors (Lipinski definition) is 2. The van der Waals surface area contributed by atoms with E-state index in [-0.39, 0.29) is 11.9 Å². The normalized spacial score (nSPS) is 12.6. The maximum atomic E-state index is 11.0. The highest BCUT2D eigenvalue weighted by molar-refractivity contribution is 5.74. The molecule has 108 valence electrons. The number of nitrogens with one attached hydrogen (secondary N) is 1. The van der Waals surface area contributed by atoms with E-state index in [1.54, 1.807) is 0 Å². The molecule has 0 heterocycles. The number of carbonyl (C=O) groups excluding carboxylic acids is 1. The Morgan fingerprint density at radius 2 is 1.61 bits per heavy atom. The minimum Gasteiger partial charge on any atom is -0.370 e. The highest BCUT2D eigenvalue weighted by atomic mass is 16.1. The van der Waals surface area contributed by atoms with Gasteiger partial charge in [-0.3, -0.25) is 4.79 Å². The van der Waals surface area contributed by atoms with Crippen molar-refractivity contribution in [1.82, 2.24) is 5.32 Å². The molecule has 1 amide bonds. The molecule has 0 fully saturated rings. The maximum Gasteiger partial charge on any atom is 0.218 e. The van der Waals surface area contributed by atoms with Crippen LogP contribution in [-0.4, -0.2) is 18.5 Å². The van der Waals surface area contributed by atoms with Gasteiger partial charge >= 0.3 is 0 Å². The molecule has 0 spiro atoms. The summed E-state index contributed by atoms with van der Waals surface area (Å²) >= 11 is 0. The molecule has 3 N–H and O–H groups in total. The van der Waals surface area contributed by atoms with Gasteiger partial charge in [0, 0.05) is 12.5 Å². The molecule has 0 aromatic heterocycles. The van der Waals surface area contributed by atoms with Crippen LogP contribution in [0.5, 0.6) is 0 Å². The Labute approximate surface area is 113 Å². The first kappa shape index (κ1) is 17.4. The minimum atomic E-state index is -0.188. The number of carbonyl (C=O) groups is 1. The van der Waals surface area contributed by atoms with Gasteiger partial charge in [-0.25, -0.2) is 0 Å². The lowest BCUT2D eigenvalue weighted by molar-refractivity contribution is -0.118. The molecular formula is C15H32N2O.